The van der Waals surface area contributed by atoms with Crippen molar-refractivity contribution in [1.82, 2.24) is 0 Å². The zero-order valence-corrected chi connectivity index (χ0v) is 12.7. The number of thiophene rings is 1. The molecule has 17 heavy (non-hydrogen) atoms. The van der Waals surface area contributed by atoms with E-state index in [4.69, 9.17) is 5.26 Å². The van der Waals surface area contributed by atoms with E-state index in [2.05, 4.69) is 49.3 Å². The van der Waals surface area contributed by atoms with Gasteiger partial charge in [0.1, 0.15) is 6.07 Å². The topological polar surface area (TPSA) is 35.8 Å². The third-order valence-electron chi connectivity index (χ3n) is 2.21. The number of halogens is 2. The van der Waals surface area contributed by atoms with Gasteiger partial charge in [0.25, 0.3) is 0 Å². The first-order valence-electron chi connectivity index (χ1n) is 4.87. The average Bonchev–Trinajstić information content (AvgIpc) is 2.72. The van der Waals surface area contributed by atoms with Crippen LogP contribution in [0.2, 0.25) is 0 Å². The molecule has 2 aromatic rings. The molecule has 2 nitrogen and oxygen atoms in total. The van der Waals surface area contributed by atoms with Crippen molar-refractivity contribution in [2.75, 3.05) is 5.32 Å². The van der Waals surface area contributed by atoms with Crippen molar-refractivity contribution in [1.29, 1.82) is 5.26 Å². The van der Waals surface area contributed by atoms with Crippen molar-refractivity contribution in [3.63, 3.8) is 0 Å². The summed E-state index contributed by atoms with van der Waals surface area (Å²) in [5, 5.41) is 12.3. The highest BCUT2D eigenvalue weighted by molar-refractivity contribution is 9.11. The molecule has 0 spiro atoms. The van der Waals surface area contributed by atoms with Gasteiger partial charge in [-0.3, -0.25) is 0 Å². The van der Waals surface area contributed by atoms with E-state index in [1.54, 1.807) is 11.3 Å². The fourth-order valence-electron chi connectivity index (χ4n) is 1.41. The van der Waals surface area contributed by atoms with Crippen molar-refractivity contribution in [3.8, 4) is 6.07 Å². The van der Waals surface area contributed by atoms with Gasteiger partial charge in [-0.05, 0) is 56.1 Å². The first kappa shape index (κ1) is 12.6. The van der Waals surface area contributed by atoms with E-state index in [1.165, 1.54) is 4.88 Å². The second-order valence-corrected chi connectivity index (χ2v) is 6.74. The van der Waals surface area contributed by atoms with Crippen LogP contribution in [0, 0.1) is 11.3 Å². The van der Waals surface area contributed by atoms with Gasteiger partial charge in [-0.1, -0.05) is 6.07 Å². The van der Waals surface area contributed by atoms with Crippen molar-refractivity contribution >= 4 is 48.9 Å². The van der Waals surface area contributed by atoms with E-state index in [-0.39, 0.29) is 0 Å². The van der Waals surface area contributed by atoms with E-state index < -0.39 is 0 Å². The van der Waals surface area contributed by atoms with Crippen LogP contribution in [0.5, 0.6) is 0 Å². The summed E-state index contributed by atoms with van der Waals surface area (Å²) >= 11 is 8.48. The molecule has 1 N–H and O–H groups in total. The molecular formula is C12H8Br2N2S. The predicted octanol–water partition coefficient (Wildman–Crippen LogP) is 4.76. The van der Waals surface area contributed by atoms with Crippen LogP contribution in [0.25, 0.3) is 0 Å². The maximum atomic E-state index is 9.08. The van der Waals surface area contributed by atoms with Crippen molar-refractivity contribution < 1.29 is 0 Å². The molecule has 1 aromatic heterocycles. The van der Waals surface area contributed by atoms with Gasteiger partial charge >= 0.3 is 0 Å². The number of anilines is 1. The highest BCUT2D eigenvalue weighted by atomic mass is 79.9. The molecule has 0 fully saturated rings. The Kier molecular flexibility index (Phi) is 4.21. The molecule has 2 rings (SSSR count). The Morgan fingerprint density at radius 3 is 2.71 bits per heavy atom. The molecule has 1 heterocycles. The maximum Gasteiger partial charge on any atom is 0.103 e. The lowest BCUT2D eigenvalue weighted by molar-refractivity contribution is 1.19. The average molecular weight is 372 g/mol. The lowest BCUT2D eigenvalue weighted by Gasteiger charge is -2.07. The lowest BCUT2D eigenvalue weighted by Crippen LogP contribution is -1.99. The lowest BCUT2D eigenvalue weighted by atomic mass is 10.2. The van der Waals surface area contributed by atoms with Gasteiger partial charge < -0.3 is 5.32 Å². The number of hydrogen-bond donors (Lipinski definition) is 1. The third-order valence-corrected chi connectivity index (χ3v) is 4.49. The summed E-state index contributed by atoms with van der Waals surface area (Å²) in [6.45, 7) is 0.724. The van der Waals surface area contributed by atoms with E-state index >= 15 is 0 Å². The fourth-order valence-corrected chi connectivity index (χ4v) is 3.29. The Labute approximate surface area is 121 Å². The Bertz CT molecular complexity index is 572. The van der Waals surface area contributed by atoms with Gasteiger partial charge in [0, 0.05) is 15.9 Å². The summed E-state index contributed by atoms with van der Waals surface area (Å²) in [6.07, 6.45) is 0. The highest BCUT2D eigenvalue weighted by Gasteiger charge is 2.05. The summed E-state index contributed by atoms with van der Waals surface area (Å²) in [5.41, 5.74) is 1.49. The minimum Gasteiger partial charge on any atom is -0.379 e. The van der Waals surface area contributed by atoms with Gasteiger partial charge in [-0.25, -0.2) is 0 Å². The summed E-state index contributed by atoms with van der Waals surface area (Å²) in [4.78, 5) is 1.22. The number of nitrogens with one attached hydrogen (secondary N) is 1. The second kappa shape index (κ2) is 5.67. The predicted molar refractivity (Wildman–Crippen MR) is 78.2 cm³/mol. The summed E-state index contributed by atoms with van der Waals surface area (Å²) in [6, 6.07) is 12.0. The van der Waals surface area contributed by atoms with E-state index in [1.807, 2.05) is 24.3 Å². The molecule has 0 atom stereocenters. The zero-order chi connectivity index (χ0) is 12.3. The number of hydrogen-bond acceptors (Lipinski definition) is 3. The standard InChI is InChI=1S/C12H8Br2N2S/c13-10-2-1-3-11(9(10)6-15)16-7-8-4-5-12(14)17-8/h1-5,16H,7H2. The summed E-state index contributed by atoms with van der Waals surface area (Å²) in [5.74, 6) is 0. The minimum atomic E-state index is 0.642. The molecule has 0 aliphatic rings. The minimum absolute atomic E-state index is 0.642. The number of nitriles is 1. The van der Waals surface area contributed by atoms with Crippen LogP contribution in [0.3, 0.4) is 0 Å². The van der Waals surface area contributed by atoms with Crippen molar-refractivity contribution in [2.45, 2.75) is 6.54 Å². The molecular weight excluding hydrogens is 364 g/mol. The molecule has 0 bridgehead atoms. The second-order valence-electron chi connectivity index (χ2n) is 3.33. The van der Waals surface area contributed by atoms with Crippen LogP contribution in [0.1, 0.15) is 10.4 Å². The molecule has 0 saturated heterocycles. The van der Waals surface area contributed by atoms with Gasteiger partial charge in [0.15, 0.2) is 0 Å². The van der Waals surface area contributed by atoms with Gasteiger partial charge in [-0.2, -0.15) is 5.26 Å². The van der Waals surface area contributed by atoms with Crippen LogP contribution in [0.15, 0.2) is 38.6 Å². The number of rotatable bonds is 3. The smallest absolute Gasteiger partial charge is 0.103 e. The first-order chi connectivity index (χ1) is 8.20. The van der Waals surface area contributed by atoms with Crippen LogP contribution in [-0.2, 0) is 6.54 Å². The largest absolute Gasteiger partial charge is 0.379 e. The van der Waals surface area contributed by atoms with Crippen LogP contribution < -0.4 is 5.32 Å². The molecule has 0 unspecified atom stereocenters. The number of benzene rings is 1. The molecule has 0 aliphatic heterocycles. The van der Waals surface area contributed by atoms with Gasteiger partial charge in [-0.15, -0.1) is 11.3 Å². The highest BCUT2D eigenvalue weighted by Crippen LogP contribution is 2.26. The Morgan fingerprint density at radius 2 is 2.06 bits per heavy atom. The van der Waals surface area contributed by atoms with Gasteiger partial charge in [0.2, 0.25) is 0 Å². The Morgan fingerprint density at radius 1 is 1.24 bits per heavy atom. The molecule has 0 amide bonds. The Hall–Kier alpha value is -0.830. The van der Waals surface area contributed by atoms with Crippen molar-refractivity contribution in [3.05, 3.63) is 49.0 Å². The monoisotopic (exact) mass is 370 g/mol. The van der Waals surface area contributed by atoms with Crippen LogP contribution in [-0.4, -0.2) is 0 Å². The normalized spacial score (nSPS) is 9.94. The van der Waals surface area contributed by atoms with Crippen LogP contribution >= 0.6 is 43.2 Å². The molecule has 1 aromatic carbocycles. The number of nitrogens with zero attached hydrogens (tertiary/aromatic N) is 1. The van der Waals surface area contributed by atoms with Gasteiger partial charge in [0.05, 0.1) is 15.0 Å². The van der Waals surface area contributed by atoms with E-state index in [0.29, 0.717) is 5.56 Å². The molecule has 0 saturated carbocycles. The summed E-state index contributed by atoms with van der Waals surface area (Å²) < 4.78 is 1.93. The molecule has 0 radical (unpaired) electrons. The van der Waals surface area contributed by atoms with Crippen molar-refractivity contribution in [2.24, 2.45) is 0 Å². The Balaban J connectivity index is 2.14. The fraction of sp³-hybridized carbons (Fsp3) is 0.0833. The first-order valence-corrected chi connectivity index (χ1v) is 7.27. The third kappa shape index (κ3) is 3.09. The van der Waals surface area contributed by atoms with E-state index in [0.717, 1.165) is 20.5 Å². The SMILES string of the molecule is N#Cc1c(Br)cccc1NCc1ccc(Br)s1. The summed E-state index contributed by atoms with van der Waals surface area (Å²) in [7, 11) is 0. The molecule has 86 valence electrons. The zero-order valence-electron chi connectivity index (χ0n) is 8.71. The maximum absolute atomic E-state index is 9.08. The molecule has 5 heteroatoms. The molecule has 0 aliphatic carbocycles. The quantitative estimate of drug-likeness (QED) is 0.844. The van der Waals surface area contributed by atoms with Crippen LogP contribution in [0.4, 0.5) is 5.69 Å². The van der Waals surface area contributed by atoms with E-state index in [9.17, 15) is 0 Å².